The number of likely N-dealkylation sites (N-methyl/N-ethyl adjacent to an activating group) is 1. The van der Waals surface area contributed by atoms with Gasteiger partial charge in [0.15, 0.2) is 0 Å². The fourth-order valence-electron chi connectivity index (χ4n) is 3.74. The van der Waals surface area contributed by atoms with E-state index in [9.17, 15) is 0 Å². The SMILES string of the molecule is CCN1CCCC(c2nnc(CN3CCCCC3)n2C)C1. The zero-order valence-electron chi connectivity index (χ0n) is 13.6. The zero-order chi connectivity index (χ0) is 14.7. The molecule has 1 aromatic heterocycles. The predicted molar refractivity (Wildman–Crippen MR) is 84.2 cm³/mol. The Balaban J connectivity index is 1.66. The van der Waals surface area contributed by atoms with Crippen molar-refractivity contribution in [3.8, 4) is 0 Å². The second kappa shape index (κ2) is 6.88. The molecule has 3 rings (SSSR count). The van der Waals surface area contributed by atoms with E-state index in [4.69, 9.17) is 0 Å². The maximum Gasteiger partial charge on any atom is 0.146 e. The Kier molecular flexibility index (Phi) is 4.91. The van der Waals surface area contributed by atoms with Crippen molar-refractivity contribution in [2.24, 2.45) is 7.05 Å². The molecule has 1 unspecified atom stereocenters. The number of aromatic nitrogens is 3. The molecule has 0 radical (unpaired) electrons. The van der Waals surface area contributed by atoms with Gasteiger partial charge in [-0.1, -0.05) is 13.3 Å². The van der Waals surface area contributed by atoms with Gasteiger partial charge < -0.3 is 9.47 Å². The average molecular weight is 291 g/mol. The average Bonchev–Trinajstić information content (AvgIpc) is 2.89. The Morgan fingerprint density at radius 2 is 1.76 bits per heavy atom. The molecule has 0 aliphatic carbocycles. The first kappa shape index (κ1) is 15.0. The van der Waals surface area contributed by atoms with E-state index in [1.807, 2.05) is 0 Å². The van der Waals surface area contributed by atoms with Crippen LogP contribution in [0.5, 0.6) is 0 Å². The molecule has 2 saturated heterocycles. The Morgan fingerprint density at radius 3 is 2.52 bits per heavy atom. The maximum absolute atomic E-state index is 4.53. The summed E-state index contributed by atoms with van der Waals surface area (Å²) in [6, 6.07) is 0. The first-order chi connectivity index (χ1) is 10.3. The van der Waals surface area contributed by atoms with Crippen LogP contribution in [0.15, 0.2) is 0 Å². The second-order valence-corrected chi connectivity index (χ2v) is 6.60. The standard InChI is InChI=1S/C16H29N5/c1-3-20-11-7-8-14(12-20)16-18-17-15(19(16)2)13-21-9-5-4-6-10-21/h14H,3-13H2,1-2H3. The molecule has 3 heterocycles. The molecule has 2 fully saturated rings. The highest BCUT2D eigenvalue weighted by Crippen LogP contribution is 2.25. The van der Waals surface area contributed by atoms with E-state index < -0.39 is 0 Å². The highest BCUT2D eigenvalue weighted by molar-refractivity contribution is 5.04. The van der Waals surface area contributed by atoms with Crippen LogP contribution in [0.25, 0.3) is 0 Å². The molecule has 0 amide bonds. The highest BCUT2D eigenvalue weighted by Gasteiger charge is 2.25. The lowest BCUT2D eigenvalue weighted by Crippen LogP contribution is -2.35. The van der Waals surface area contributed by atoms with Crippen LogP contribution in [0, 0.1) is 0 Å². The summed E-state index contributed by atoms with van der Waals surface area (Å²) in [6.45, 7) is 9.19. The molecule has 1 aromatic rings. The monoisotopic (exact) mass is 291 g/mol. The molecule has 1 atom stereocenters. The third-order valence-electron chi connectivity index (χ3n) is 5.13. The van der Waals surface area contributed by atoms with Gasteiger partial charge in [0.05, 0.1) is 6.54 Å². The number of nitrogens with zero attached hydrogens (tertiary/aromatic N) is 5. The van der Waals surface area contributed by atoms with Crippen LogP contribution < -0.4 is 0 Å². The quantitative estimate of drug-likeness (QED) is 0.850. The molecule has 5 nitrogen and oxygen atoms in total. The minimum absolute atomic E-state index is 0.561. The van der Waals surface area contributed by atoms with Gasteiger partial charge in [0, 0.05) is 19.5 Å². The minimum Gasteiger partial charge on any atom is -0.317 e. The van der Waals surface area contributed by atoms with Gasteiger partial charge in [-0.05, 0) is 51.9 Å². The Hall–Kier alpha value is -0.940. The fraction of sp³-hybridized carbons (Fsp3) is 0.875. The number of rotatable bonds is 4. The normalized spacial score (nSPS) is 25.3. The van der Waals surface area contributed by atoms with Gasteiger partial charge in [-0.25, -0.2) is 0 Å². The summed E-state index contributed by atoms with van der Waals surface area (Å²) < 4.78 is 2.26. The van der Waals surface area contributed by atoms with Crippen molar-refractivity contribution in [1.29, 1.82) is 0 Å². The summed E-state index contributed by atoms with van der Waals surface area (Å²) in [5, 5.41) is 9.02. The lowest BCUT2D eigenvalue weighted by atomic mass is 9.97. The van der Waals surface area contributed by atoms with Gasteiger partial charge in [0.1, 0.15) is 11.6 Å². The van der Waals surface area contributed by atoms with Crippen LogP contribution in [0.3, 0.4) is 0 Å². The van der Waals surface area contributed by atoms with Gasteiger partial charge in [0.25, 0.3) is 0 Å². The summed E-state index contributed by atoms with van der Waals surface area (Å²) >= 11 is 0. The van der Waals surface area contributed by atoms with Crippen LogP contribution in [0.1, 0.15) is 56.6 Å². The lowest BCUT2D eigenvalue weighted by molar-refractivity contribution is 0.208. The lowest BCUT2D eigenvalue weighted by Gasteiger charge is -2.31. The van der Waals surface area contributed by atoms with Crippen LogP contribution in [0.4, 0.5) is 0 Å². The molecule has 2 aliphatic rings. The van der Waals surface area contributed by atoms with Crippen molar-refractivity contribution in [2.75, 3.05) is 32.7 Å². The van der Waals surface area contributed by atoms with Crippen LogP contribution >= 0.6 is 0 Å². The molecule has 0 aromatic carbocycles. The van der Waals surface area contributed by atoms with Crippen molar-refractivity contribution in [1.82, 2.24) is 24.6 Å². The fourth-order valence-corrected chi connectivity index (χ4v) is 3.74. The topological polar surface area (TPSA) is 37.2 Å². The van der Waals surface area contributed by atoms with Crippen LogP contribution in [-0.4, -0.2) is 57.3 Å². The first-order valence-electron chi connectivity index (χ1n) is 8.60. The van der Waals surface area contributed by atoms with Crippen molar-refractivity contribution in [2.45, 2.75) is 51.5 Å². The Labute approximate surface area is 128 Å². The number of piperidine rings is 2. The molecule has 5 heteroatoms. The van der Waals surface area contributed by atoms with E-state index in [0.29, 0.717) is 5.92 Å². The van der Waals surface area contributed by atoms with Gasteiger partial charge in [-0.3, -0.25) is 4.90 Å². The molecule has 0 N–H and O–H groups in total. The third-order valence-corrected chi connectivity index (χ3v) is 5.13. The van der Waals surface area contributed by atoms with E-state index in [-0.39, 0.29) is 0 Å². The van der Waals surface area contributed by atoms with E-state index in [0.717, 1.165) is 25.5 Å². The maximum atomic E-state index is 4.53. The Bertz CT molecular complexity index is 450. The molecule has 2 aliphatic heterocycles. The van der Waals surface area contributed by atoms with Crippen molar-refractivity contribution in [3.63, 3.8) is 0 Å². The van der Waals surface area contributed by atoms with E-state index >= 15 is 0 Å². The van der Waals surface area contributed by atoms with Crippen molar-refractivity contribution in [3.05, 3.63) is 11.6 Å². The largest absolute Gasteiger partial charge is 0.317 e. The smallest absolute Gasteiger partial charge is 0.146 e. The molecular formula is C16H29N5. The van der Waals surface area contributed by atoms with Crippen molar-refractivity contribution < 1.29 is 0 Å². The van der Waals surface area contributed by atoms with Gasteiger partial charge in [-0.2, -0.15) is 0 Å². The van der Waals surface area contributed by atoms with Crippen molar-refractivity contribution >= 4 is 0 Å². The molecule has 0 saturated carbocycles. The molecule has 0 spiro atoms. The van der Waals surface area contributed by atoms with E-state index in [1.165, 1.54) is 57.6 Å². The van der Waals surface area contributed by atoms with Gasteiger partial charge in [-0.15, -0.1) is 10.2 Å². The van der Waals surface area contributed by atoms with Gasteiger partial charge in [0.2, 0.25) is 0 Å². The van der Waals surface area contributed by atoms with Gasteiger partial charge >= 0.3 is 0 Å². The minimum atomic E-state index is 0.561. The Morgan fingerprint density at radius 1 is 1.00 bits per heavy atom. The summed E-state index contributed by atoms with van der Waals surface area (Å²) in [7, 11) is 2.15. The molecule has 118 valence electrons. The van der Waals surface area contributed by atoms with Crippen LogP contribution in [0.2, 0.25) is 0 Å². The van der Waals surface area contributed by atoms with E-state index in [2.05, 4.69) is 38.5 Å². The zero-order valence-corrected chi connectivity index (χ0v) is 13.6. The molecule has 21 heavy (non-hydrogen) atoms. The summed E-state index contributed by atoms with van der Waals surface area (Å²) in [5.74, 6) is 2.90. The number of hydrogen-bond acceptors (Lipinski definition) is 4. The summed E-state index contributed by atoms with van der Waals surface area (Å²) in [4.78, 5) is 5.06. The van der Waals surface area contributed by atoms with Crippen LogP contribution in [-0.2, 0) is 13.6 Å². The molecular weight excluding hydrogens is 262 g/mol. The summed E-state index contributed by atoms with van der Waals surface area (Å²) in [5.41, 5.74) is 0. The first-order valence-corrected chi connectivity index (χ1v) is 8.60. The third kappa shape index (κ3) is 3.46. The number of hydrogen-bond donors (Lipinski definition) is 0. The molecule has 0 bridgehead atoms. The van der Waals surface area contributed by atoms with E-state index in [1.54, 1.807) is 0 Å². The number of likely N-dealkylation sites (tertiary alicyclic amines) is 2. The predicted octanol–water partition coefficient (Wildman–Crippen LogP) is 2.00. The second-order valence-electron chi connectivity index (χ2n) is 6.60. The summed E-state index contributed by atoms with van der Waals surface area (Å²) in [6.07, 6.45) is 6.59. The highest BCUT2D eigenvalue weighted by atomic mass is 15.3.